The number of rotatable bonds is 0. The van der Waals surface area contributed by atoms with Gasteiger partial charge in [0.05, 0.1) is 0 Å². The maximum atomic E-state index is 10.5. The van der Waals surface area contributed by atoms with Gasteiger partial charge < -0.3 is 4.74 Å². The van der Waals surface area contributed by atoms with Gasteiger partial charge >= 0.3 is 11.9 Å². The Hall–Kier alpha value is -1.12. The lowest BCUT2D eigenvalue weighted by Crippen LogP contribution is -2.00. The molecule has 0 saturated carbocycles. The lowest BCUT2D eigenvalue weighted by atomic mass is 10.2. The second-order valence-electron chi connectivity index (χ2n) is 1.93. The molecule has 3 heteroatoms. The van der Waals surface area contributed by atoms with Crippen LogP contribution in [0.15, 0.2) is 11.1 Å². The van der Waals surface area contributed by atoms with E-state index in [1.54, 1.807) is 13.8 Å². The van der Waals surface area contributed by atoms with Gasteiger partial charge in [-0.2, -0.15) is 0 Å². The molecule has 0 radical (unpaired) electrons. The van der Waals surface area contributed by atoms with Gasteiger partial charge in [0.1, 0.15) is 0 Å². The Morgan fingerprint density at radius 1 is 0.909 bits per heavy atom. The smallest absolute Gasteiger partial charge is 0.342 e. The molecule has 0 fully saturated rings. The lowest BCUT2D eigenvalue weighted by Gasteiger charge is -1.84. The van der Waals surface area contributed by atoms with E-state index in [-0.39, 0.29) is 0 Å². The average molecular weight is 156 g/mol. The molecule has 1 rings (SSSR count). The Morgan fingerprint density at radius 2 is 1.18 bits per heavy atom. The molecule has 0 atom stereocenters. The van der Waals surface area contributed by atoms with Crippen LogP contribution < -0.4 is 0 Å². The van der Waals surface area contributed by atoms with Crippen LogP contribution in [0.4, 0.5) is 0 Å². The molecule has 0 aromatic carbocycles. The summed E-state index contributed by atoms with van der Waals surface area (Å²) in [7, 11) is 0. The summed E-state index contributed by atoms with van der Waals surface area (Å²) in [6, 6.07) is 0. The van der Waals surface area contributed by atoms with Crippen molar-refractivity contribution in [3.63, 3.8) is 0 Å². The summed E-state index contributed by atoms with van der Waals surface area (Å²) in [5.41, 5.74) is 0.833. The quantitative estimate of drug-likeness (QED) is 0.393. The first-order valence-electron chi connectivity index (χ1n) is 3.57. The van der Waals surface area contributed by atoms with E-state index >= 15 is 0 Å². The number of hydrogen-bond donors (Lipinski definition) is 0. The van der Waals surface area contributed by atoms with Crippen molar-refractivity contribution >= 4 is 11.9 Å². The van der Waals surface area contributed by atoms with Crippen LogP contribution in [0.5, 0.6) is 0 Å². The van der Waals surface area contributed by atoms with Crippen molar-refractivity contribution in [1.82, 2.24) is 0 Å². The van der Waals surface area contributed by atoms with Gasteiger partial charge in [-0.25, -0.2) is 9.59 Å². The van der Waals surface area contributed by atoms with Crippen LogP contribution in [-0.2, 0) is 14.3 Å². The molecule has 1 aliphatic heterocycles. The highest BCUT2D eigenvalue weighted by Crippen LogP contribution is 2.14. The van der Waals surface area contributed by atoms with Crippen LogP contribution in [0, 0.1) is 0 Å². The standard InChI is InChI=1S/C6H6O3.C2H6/c1-3-4(2)6(8)9-5(3)7;1-2/h1-2H3;1-2H3. The monoisotopic (exact) mass is 156 g/mol. The minimum atomic E-state index is -0.516. The van der Waals surface area contributed by atoms with Crippen molar-refractivity contribution in [1.29, 1.82) is 0 Å². The summed E-state index contributed by atoms with van der Waals surface area (Å²) in [5, 5.41) is 0. The van der Waals surface area contributed by atoms with Gasteiger partial charge in [-0.3, -0.25) is 0 Å². The maximum absolute atomic E-state index is 10.5. The van der Waals surface area contributed by atoms with Crippen LogP contribution in [0.25, 0.3) is 0 Å². The summed E-state index contributed by atoms with van der Waals surface area (Å²) in [6.07, 6.45) is 0. The summed E-state index contributed by atoms with van der Waals surface area (Å²) in [4.78, 5) is 21.0. The fraction of sp³-hybridized carbons (Fsp3) is 0.500. The van der Waals surface area contributed by atoms with Crippen LogP contribution in [0.2, 0.25) is 0 Å². The molecule has 3 nitrogen and oxygen atoms in total. The van der Waals surface area contributed by atoms with Crippen molar-refractivity contribution in [2.75, 3.05) is 0 Å². The average Bonchev–Trinajstić information content (AvgIpc) is 2.22. The van der Waals surface area contributed by atoms with E-state index in [9.17, 15) is 9.59 Å². The first kappa shape index (κ1) is 9.88. The number of ether oxygens (including phenoxy) is 1. The third-order valence-electron chi connectivity index (χ3n) is 1.36. The van der Waals surface area contributed by atoms with Gasteiger partial charge in [-0.05, 0) is 13.8 Å². The van der Waals surface area contributed by atoms with E-state index in [2.05, 4.69) is 4.74 Å². The molecule has 0 saturated heterocycles. The van der Waals surface area contributed by atoms with Crippen LogP contribution >= 0.6 is 0 Å². The number of carbonyl (C=O) groups is 2. The van der Waals surface area contributed by atoms with Crippen molar-refractivity contribution < 1.29 is 14.3 Å². The summed E-state index contributed by atoms with van der Waals surface area (Å²) in [5.74, 6) is -1.03. The molecule has 0 unspecified atom stereocenters. The molecule has 0 amide bonds. The van der Waals surface area contributed by atoms with Crippen LogP contribution in [-0.4, -0.2) is 11.9 Å². The third kappa shape index (κ3) is 1.90. The molecule has 0 spiro atoms. The summed E-state index contributed by atoms with van der Waals surface area (Å²) >= 11 is 0. The Kier molecular flexibility index (Phi) is 3.51. The topological polar surface area (TPSA) is 43.4 Å². The zero-order valence-corrected chi connectivity index (χ0v) is 7.22. The van der Waals surface area contributed by atoms with Crippen molar-refractivity contribution in [3.05, 3.63) is 11.1 Å². The SMILES string of the molecule is CC.CC1=C(C)C(=O)OC1=O. The molecule has 62 valence electrons. The van der Waals surface area contributed by atoms with E-state index in [1.165, 1.54) is 0 Å². The first-order valence-corrected chi connectivity index (χ1v) is 3.57. The predicted octanol–water partition coefficient (Wildman–Crippen LogP) is 1.43. The Morgan fingerprint density at radius 3 is 1.27 bits per heavy atom. The molecular formula is C8H12O3. The number of hydrogen-bond acceptors (Lipinski definition) is 3. The van der Waals surface area contributed by atoms with Gasteiger partial charge in [-0.1, -0.05) is 13.8 Å². The number of cyclic esters (lactones) is 2. The van der Waals surface area contributed by atoms with Gasteiger partial charge in [0.2, 0.25) is 0 Å². The molecule has 0 aromatic rings. The van der Waals surface area contributed by atoms with E-state index in [0.29, 0.717) is 11.1 Å². The van der Waals surface area contributed by atoms with Crippen LogP contribution in [0.1, 0.15) is 27.7 Å². The van der Waals surface area contributed by atoms with E-state index in [1.807, 2.05) is 13.8 Å². The minimum absolute atomic E-state index is 0.417. The van der Waals surface area contributed by atoms with Crippen molar-refractivity contribution in [3.8, 4) is 0 Å². The van der Waals surface area contributed by atoms with Gasteiger partial charge in [0.25, 0.3) is 0 Å². The second-order valence-corrected chi connectivity index (χ2v) is 1.93. The number of esters is 2. The molecule has 11 heavy (non-hydrogen) atoms. The minimum Gasteiger partial charge on any atom is -0.386 e. The fourth-order valence-electron chi connectivity index (χ4n) is 0.543. The van der Waals surface area contributed by atoms with Gasteiger partial charge in [0, 0.05) is 11.1 Å². The van der Waals surface area contributed by atoms with Crippen LogP contribution in [0.3, 0.4) is 0 Å². The Bertz CT molecular complexity index is 191. The van der Waals surface area contributed by atoms with E-state index in [4.69, 9.17) is 0 Å². The predicted molar refractivity (Wildman–Crippen MR) is 40.8 cm³/mol. The van der Waals surface area contributed by atoms with E-state index < -0.39 is 11.9 Å². The largest absolute Gasteiger partial charge is 0.386 e. The number of carbonyl (C=O) groups excluding carboxylic acids is 2. The molecule has 0 N–H and O–H groups in total. The lowest BCUT2D eigenvalue weighted by molar-refractivity contribution is -0.151. The van der Waals surface area contributed by atoms with Gasteiger partial charge in [0.15, 0.2) is 0 Å². The normalized spacial score (nSPS) is 16.0. The zero-order chi connectivity index (χ0) is 9.02. The Labute approximate surface area is 66.0 Å². The molecule has 1 aliphatic rings. The highest BCUT2D eigenvalue weighted by molar-refractivity contribution is 6.11. The second kappa shape index (κ2) is 3.91. The third-order valence-corrected chi connectivity index (χ3v) is 1.36. The molecule has 1 heterocycles. The summed E-state index contributed by atoms with van der Waals surface area (Å²) in [6.45, 7) is 7.14. The molecule has 0 aromatic heterocycles. The van der Waals surface area contributed by atoms with Gasteiger partial charge in [-0.15, -0.1) is 0 Å². The molecular weight excluding hydrogens is 144 g/mol. The highest BCUT2D eigenvalue weighted by atomic mass is 16.6. The first-order chi connectivity index (χ1) is 5.13. The van der Waals surface area contributed by atoms with E-state index in [0.717, 1.165) is 0 Å². The Balaban J connectivity index is 0.000000461. The molecule has 0 aliphatic carbocycles. The maximum Gasteiger partial charge on any atom is 0.342 e. The highest BCUT2D eigenvalue weighted by Gasteiger charge is 2.25. The summed E-state index contributed by atoms with van der Waals surface area (Å²) < 4.78 is 4.23. The fourth-order valence-corrected chi connectivity index (χ4v) is 0.543. The van der Waals surface area contributed by atoms with Crippen molar-refractivity contribution in [2.45, 2.75) is 27.7 Å². The zero-order valence-electron chi connectivity index (χ0n) is 7.22. The molecule has 0 bridgehead atoms. The van der Waals surface area contributed by atoms with Crippen molar-refractivity contribution in [2.24, 2.45) is 0 Å².